The Morgan fingerprint density at radius 2 is 1.64 bits per heavy atom. The molecule has 0 fully saturated rings. The Balaban J connectivity index is 1.72. The zero-order chi connectivity index (χ0) is 20.1. The number of amides is 1. The fourth-order valence-corrected chi connectivity index (χ4v) is 2.80. The van der Waals surface area contributed by atoms with Crippen LogP contribution in [0.15, 0.2) is 48.5 Å². The van der Waals surface area contributed by atoms with E-state index in [0.29, 0.717) is 23.0 Å². The molecule has 7 heteroatoms. The lowest BCUT2D eigenvalue weighted by Gasteiger charge is -2.12. The summed E-state index contributed by atoms with van der Waals surface area (Å²) in [6.45, 7) is 3.97. The number of carbonyl (C=O) groups excluding carboxylic acids is 1. The van der Waals surface area contributed by atoms with Gasteiger partial charge in [0.2, 0.25) is 0 Å². The van der Waals surface area contributed by atoms with Gasteiger partial charge in [0.1, 0.15) is 11.5 Å². The smallest absolute Gasteiger partial charge is 0.276 e. The highest BCUT2D eigenvalue weighted by molar-refractivity contribution is 6.02. The summed E-state index contributed by atoms with van der Waals surface area (Å²) in [4.78, 5) is 12.4. The average molecular weight is 378 g/mol. The fourth-order valence-electron chi connectivity index (χ4n) is 2.80. The fraction of sp³-hybridized carbons (Fsp3) is 0.190. The van der Waals surface area contributed by atoms with Crippen molar-refractivity contribution >= 4 is 23.1 Å². The van der Waals surface area contributed by atoms with Gasteiger partial charge in [-0.15, -0.1) is 10.2 Å². The molecule has 1 heterocycles. The summed E-state index contributed by atoms with van der Waals surface area (Å²) in [5.74, 6) is 1.47. The number of nitrogens with one attached hydrogen (secondary N) is 2. The summed E-state index contributed by atoms with van der Waals surface area (Å²) in [5.41, 5.74) is 3.83. The summed E-state index contributed by atoms with van der Waals surface area (Å²) in [6.07, 6.45) is 0. The summed E-state index contributed by atoms with van der Waals surface area (Å²) < 4.78 is 10.5. The molecule has 3 rings (SSSR count). The number of carbonyl (C=O) groups is 1. The molecule has 0 radical (unpaired) electrons. The molecule has 2 aromatic carbocycles. The van der Waals surface area contributed by atoms with Gasteiger partial charge in [-0.25, -0.2) is 0 Å². The third kappa shape index (κ3) is 4.56. The lowest BCUT2D eigenvalue weighted by molar-refractivity contribution is 0.102. The molecule has 144 valence electrons. The van der Waals surface area contributed by atoms with Gasteiger partial charge in [0.25, 0.3) is 5.91 Å². The third-order valence-electron chi connectivity index (χ3n) is 4.05. The Hall–Kier alpha value is -3.61. The van der Waals surface area contributed by atoms with Crippen molar-refractivity contribution in [2.45, 2.75) is 13.8 Å². The van der Waals surface area contributed by atoms with Gasteiger partial charge in [-0.1, -0.05) is 6.07 Å². The Morgan fingerprint density at radius 1 is 0.893 bits per heavy atom. The average Bonchev–Trinajstić information content (AvgIpc) is 2.68. The van der Waals surface area contributed by atoms with Crippen molar-refractivity contribution in [3.63, 3.8) is 0 Å². The van der Waals surface area contributed by atoms with Gasteiger partial charge in [-0.05, 0) is 61.4 Å². The van der Waals surface area contributed by atoms with E-state index in [4.69, 9.17) is 9.47 Å². The molecule has 0 aliphatic carbocycles. The van der Waals surface area contributed by atoms with Crippen LogP contribution in [0.4, 0.5) is 17.2 Å². The van der Waals surface area contributed by atoms with Crippen molar-refractivity contribution in [2.75, 3.05) is 24.9 Å². The third-order valence-corrected chi connectivity index (χ3v) is 4.05. The maximum atomic E-state index is 12.4. The van der Waals surface area contributed by atoms with Crippen LogP contribution in [0.3, 0.4) is 0 Å². The second kappa shape index (κ2) is 8.39. The van der Waals surface area contributed by atoms with Crippen LogP contribution in [-0.2, 0) is 0 Å². The molecule has 0 unspecified atom stereocenters. The van der Waals surface area contributed by atoms with Crippen LogP contribution in [0.5, 0.6) is 11.5 Å². The molecule has 2 N–H and O–H groups in total. The lowest BCUT2D eigenvalue weighted by Crippen LogP contribution is -2.14. The molecule has 0 aliphatic heterocycles. The van der Waals surface area contributed by atoms with Crippen LogP contribution in [0.1, 0.15) is 21.6 Å². The van der Waals surface area contributed by atoms with Crippen molar-refractivity contribution in [1.82, 2.24) is 10.2 Å². The van der Waals surface area contributed by atoms with Crippen LogP contribution in [0.25, 0.3) is 0 Å². The maximum Gasteiger partial charge on any atom is 0.276 e. The molecule has 0 saturated carbocycles. The van der Waals surface area contributed by atoms with Crippen molar-refractivity contribution in [3.8, 4) is 11.5 Å². The monoisotopic (exact) mass is 378 g/mol. The zero-order valence-electron chi connectivity index (χ0n) is 16.2. The molecule has 1 amide bonds. The van der Waals surface area contributed by atoms with Crippen LogP contribution in [0.2, 0.25) is 0 Å². The number of aromatic nitrogens is 2. The van der Waals surface area contributed by atoms with Crippen molar-refractivity contribution in [2.24, 2.45) is 0 Å². The van der Waals surface area contributed by atoms with Crippen LogP contribution in [0, 0.1) is 13.8 Å². The predicted octanol–water partition coefficient (Wildman–Crippen LogP) is 4.11. The van der Waals surface area contributed by atoms with Gasteiger partial charge in [0, 0.05) is 11.8 Å². The number of ether oxygens (including phenoxy) is 2. The molecular formula is C21H22N4O3. The SMILES string of the molecule is COc1ccc(Nc2ccc(C(=O)Nc3cc(C)cc(C)c3)nn2)c(OC)c1. The molecule has 0 saturated heterocycles. The van der Waals surface area contributed by atoms with E-state index in [-0.39, 0.29) is 11.6 Å². The number of anilines is 3. The van der Waals surface area contributed by atoms with E-state index in [1.165, 1.54) is 0 Å². The standard InChI is InChI=1S/C21H22N4O3/c1-13-9-14(2)11-15(10-13)22-21(26)18-7-8-20(25-24-18)23-17-6-5-16(27-3)12-19(17)28-4/h5-12H,1-4H3,(H,22,26)(H,23,25). The second-order valence-electron chi connectivity index (χ2n) is 6.33. The molecule has 0 spiro atoms. The van der Waals surface area contributed by atoms with Gasteiger partial charge in [0.05, 0.1) is 19.9 Å². The van der Waals surface area contributed by atoms with Gasteiger partial charge in [0.15, 0.2) is 11.5 Å². The summed E-state index contributed by atoms with van der Waals surface area (Å²) >= 11 is 0. The van der Waals surface area contributed by atoms with Gasteiger partial charge < -0.3 is 20.1 Å². The Morgan fingerprint density at radius 3 is 2.25 bits per heavy atom. The number of nitrogens with zero attached hydrogens (tertiary/aromatic N) is 2. The van der Waals surface area contributed by atoms with Crippen LogP contribution >= 0.6 is 0 Å². The molecule has 7 nitrogen and oxygen atoms in total. The van der Waals surface area contributed by atoms with Crippen molar-refractivity contribution in [3.05, 3.63) is 65.4 Å². The molecule has 0 aliphatic rings. The Labute approximate surface area is 163 Å². The normalized spacial score (nSPS) is 10.3. The predicted molar refractivity (Wildman–Crippen MR) is 109 cm³/mol. The van der Waals surface area contributed by atoms with Crippen molar-refractivity contribution in [1.29, 1.82) is 0 Å². The van der Waals surface area contributed by atoms with E-state index in [0.717, 1.165) is 16.8 Å². The van der Waals surface area contributed by atoms with Crippen LogP contribution in [-0.4, -0.2) is 30.3 Å². The first-order valence-corrected chi connectivity index (χ1v) is 8.71. The molecule has 3 aromatic rings. The number of hydrogen-bond acceptors (Lipinski definition) is 6. The molecule has 0 bridgehead atoms. The highest BCUT2D eigenvalue weighted by atomic mass is 16.5. The minimum atomic E-state index is -0.314. The second-order valence-corrected chi connectivity index (χ2v) is 6.33. The largest absolute Gasteiger partial charge is 0.497 e. The maximum absolute atomic E-state index is 12.4. The summed E-state index contributed by atoms with van der Waals surface area (Å²) in [7, 11) is 3.17. The molecular weight excluding hydrogens is 356 g/mol. The Kier molecular flexibility index (Phi) is 5.74. The minimum absolute atomic E-state index is 0.228. The number of benzene rings is 2. The van der Waals surface area contributed by atoms with Gasteiger partial charge >= 0.3 is 0 Å². The highest BCUT2D eigenvalue weighted by Crippen LogP contribution is 2.30. The molecule has 28 heavy (non-hydrogen) atoms. The first kappa shape index (κ1) is 19.2. The Bertz CT molecular complexity index is 967. The van der Waals surface area contributed by atoms with Crippen molar-refractivity contribution < 1.29 is 14.3 Å². The minimum Gasteiger partial charge on any atom is -0.497 e. The van der Waals surface area contributed by atoms with Crippen LogP contribution < -0.4 is 20.1 Å². The highest BCUT2D eigenvalue weighted by Gasteiger charge is 2.11. The number of hydrogen-bond donors (Lipinski definition) is 2. The topological polar surface area (TPSA) is 85.4 Å². The van der Waals surface area contributed by atoms with E-state index in [1.54, 1.807) is 32.4 Å². The summed E-state index contributed by atoms with van der Waals surface area (Å²) in [5, 5.41) is 14.1. The molecule has 1 aromatic heterocycles. The molecule has 0 atom stereocenters. The van der Waals surface area contributed by atoms with E-state index >= 15 is 0 Å². The lowest BCUT2D eigenvalue weighted by atomic mass is 10.1. The summed E-state index contributed by atoms with van der Waals surface area (Å²) in [6, 6.07) is 14.6. The van der Waals surface area contributed by atoms with Gasteiger partial charge in [-0.2, -0.15) is 0 Å². The number of rotatable bonds is 6. The first-order chi connectivity index (χ1) is 13.5. The van der Waals surface area contributed by atoms with E-state index in [1.807, 2.05) is 44.2 Å². The van der Waals surface area contributed by atoms with E-state index in [9.17, 15) is 4.79 Å². The first-order valence-electron chi connectivity index (χ1n) is 8.71. The number of methoxy groups -OCH3 is 2. The quantitative estimate of drug-likeness (QED) is 0.671. The van der Waals surface area contributed by atoms with E-state index < -0.39 is 0 Å². The zero-order valence-corrected chi connectivity index (χ0v) is 16.2. The number of aryl methyl sites for hydroxylation is 2. The van der Waals surface area contributed by atoms with Gasteiger partial charge in [-0.3, -0.25) is 4.79 Å². The van der Waals surface area contributed by atoms with E-state index in [2.05, 4.69) is 20.8 Å².